The zero-order valence-corrected chi connectivity index (χ0v) is 23.3. The summed E-state index contributed by atoms with van der Waals surface area (Å²) < 4.78 is 37.3. The Labute approximate surface area is 239 Å². The van der Waals surface area contributed by atoms with Crippen LogP contribution in [0.1, 0.15) is 23.1 Å². The minimum absolute atomic E-state index is 0.100. The first-order chi connectivity index (χ1) is 19.9. The van der Waals surface area contributed by atoms with Gasteiger partial charge in [0.25, 0.3) is 0 Å². The SMILES string of the molecule is CN1C[C@@H]2CN([C@H]3CCN(c4ncc5c6c(c(-c7ncc(F)c8sc(N)c(C#N)c78)c(F)c5n4)COC6)C3)C[C@@H]2C1. The molecule has 1 aromatic carbocycles. The summed E-state index contributed by atoms with van der Waals surface area (Å²) in [5, 5.41) is 10.8. The standard InChI is InChI=1S/C29H28F2N8OS/c1-37-7-14-9-39(10-15(14)8-37)16-2-3-38(11-16)29-35-5-18-19-12-40-13-20(19)22(24(31)25(18)36-29)26-23-17(4-32)28(33)41-27(23)21(30)6-34-26/h5-6,14-16H,2-3,7-13,33H2,1H3/t14-,15+,16-/m0/s1. The second-order valence-corrected chi connectivity index (χ2v) is 12.8. The van der Waals surface area contributed by atoms with Crippen molar-refractivity contribution in [2.75, 3.05) is 56.9 Å². The number of rotatable bonds is 3. The van der Waals surface area contributed by atoms with Crippen LogP contribution in [-0.4, -0.2) is 77.1 Å². The van der Waals surface area contributed by atoms with Crippen molar-refractivity contribution in [1.82, 2.24) is 24.8 Å². The Bertz CT molecular complexity index is 1770. The van der Waals surface area contributed by atoms with Crippen LogP contribution in [0.25, 0.3) is 32.2 Å². The molecule has 0 spiro atoms. The Hall–Kier alpha value is -3.50. The van der Waals surface area contributed by atoms with Crippen LogP contribution in [0.5, 0.6) is 0 Å². The van der Waals surface area contributed by atoms with E-state index in [0.29, 0.717) is 22.9 Å². The van der Waals surface area contributed by atoms with Gasteiger partial charge in [0.2, 0.25) is 5.95 Å². The fourth-order valence-corrected chi connectivity index (χ4v) is 8.40. The Kier molecular flexibility index (Phi) is 5.69. The minimum atomic E-state index is -0.599. The third kappa shape index (κ3) is 3.76. The number of aromatic nitrogens is 3. The first-order valence-electron chi connectivity index (χ1n) is 13.9. The summed E-state index contributed by atoms with van der Waals surface area (Å²) in [6.45, 7) is 6.67. The topological polar surface area (TPSA) is 107 Å². The van der Waals surface area contributed by atoms with Gasteiger partial charge in [-0.05, 0) is 36.4 Å². The molecule has 0 saturated carbocycles. The van der Waals surface area contributed by atoms with Crippen LogP contribution < -0.4 is 10.6 Å². The van der Waals surface area contributed by atoms with Crippen LogP contribution in [0.2, 0.25) is 0 Å². The molecule has 0 radical (unpaired) electrons. The van der Waals surface area contributed by atoms with E-state index in [2.05, 4.69) is 37.8 Å². The lowest BCUT2D eigenvalue weighted by molar-refractivity contribution is 0.135. The summed E-state index contributed by atoms with van der Waals surface area (Å²) in [4.78, 5) is 20.9. The van der Waals surface area contributed by atoms with Gasteiger partial charge in [0.05, 0.1) is 35.4 Å². The maximum atomic E-state index is 16.6. The molecule has 2 N–H and O–H groups in total. The third-order valence-corrected chi connectivity index (χ3v) is 10.4. The van der Waals surface area contributed by atoms with Gasteiger partial charge >= 0.3 is 0 Å². The van der Waals surface area contributed by atoms with Crippen LogP contribution in [0, 0.1) is 34.8 Å². The Morgan fingerprint density at radius 1 is 1.07 bits per heavy atom. The number of thiophene rings is 1. The predicted molar refractivity (Wildman–Crippen MR) is 152 cm³/mol. The molecule has 0 amide bonds. The van der Waals surface area contributed by atoms with Gasteiger partial charge in [-0.2, -0.15) is 5.26 Å². The summed E-state index contributed by atoms with van der Waals surface area (Å²) in [6.07, 6.45) is 3.77. The molecule has 4 aliphatic heterocycles. The average molecular weight is 575 g/mol. The van der Waals surface area contributed by atoms with Crippen molar-refractivity contribution >= 4 is 43.3 Å². The van der Waals surface area contributed by atoms with Crippen LogP contribution >= 0.6 is 11.3 Å². The fourth-order valence-electron chi connectivity index (χ4n) is 7.47. The van der Waals surface area contributed by atoms with Crippen LogP contribution in [0.15, 0.2) is 12.4 Å². The lowest BCUT2D eigenvalue weighted by Crippen LogP contribution is -2.38. The smallest absolute Gasteiger partial charge is 0.226 e. The Balaban J connectivity index is 1.19. The molecule has 8 rings (SSSR count). The van der Waals surface area contributed by atoms with Gasteiger partial charge in [-0.1, -0.05) is 0 Å². The van der Waals surface area contributed by atoms with E-state index in [4.69, 9.17) is 15.5 Å². The van der Waals surface area contributed by atoms with E-state index in [1.54, 1.807) is 6.20 Å². The molecule has 9 nitrogen and oxygen atoms in total. The van der Waals surface area contributed by atoms with Gasteiger partial charge in [0.15, 0.2) is 11.6 Å². The summed E-state index contributed by atoms with van der Waals surface area (Å²) in [5.41, 5.74) is 8.10. The maximum absolute atomic E-state index is 16.6. The number of anilines is 2. The van der Waals surface area contributed by atoms with Crippen molar-refractivity contribution in [2.24, 2.45) is 11.8 Å². The number of halogens is 2. The highest BCUT2D eigenvalue weighted by molar-refractivity contribution is 7.23. The number of nitrogens with zero attached hydrogens (tertiary/aromatic N) is 7. The Morgan fingerprint density at radius 3 is 2.63 bits per heavy atom. The molecule has 0 aliphatic carbocycles. The highest BCUT2D eigenvalue weighted by atomic mass is 32.1. The molecule has 4 aliphatic rings. The Morgan fingerprint density at radius 2 is 1.85 bits per heavy atom. The summed E-state index contributed by atoms with van der Waals surface area (Å²) in [6, 6.07) is 2.49. The number of hydrogen-bond donors (Lipinski definition) is 1. The summed E-state index contributed by atoms with van der Waals surface area (Å²) in [7, 11) is 2.20. The molecule has 7 heterocycles. The zero-order valence-electron chi connectivity index (χ0n) is 22.5. The molecule has 3 saturated heterocycles. The van der Waals surface area contributed by atoms with Crippen molar-refractivity contribution in [3.8, 4) is 17.3 Å². The quantitative estimate of drug-likeness (QED) is 0.392. The van der Waals surface area contributed by atoms with E-state index in [-0.39, 0.29) is 50.6 Å². The van der Waals surface area contributed by atoms with Gasteiger partial charge in [0, 0.05) is 67.8 Å². The molecule has 210 valence electrons. The van der Waals surface area contributed by atoms with Crippen molar-refractivity contribution in [2.45, 2.75) is 25.7 Å². The van der Waals surface area contributed by atoms with Gasteiger partial charge in [-0.3, -0.25) is 9.88 Å². The predicted octanol–water partition coefficient (Wildman–Crippen LogP) is 3.74. The van der Waals surface area contributed by atoms with E-state index >= 15 is 4.39 Å². The van der Waals surface area contributed by atoms with Crippen molar-refractivity contribution in [1.29, 1.82) is 5.26 Å². The van der Waals surface area contributed by atoms with Gasteiger partial charge in [-0.25, -0.2) is 18.7 Å². The highest BCUT2D eigenvalue weighted by Gasteiger charge is 2.42. The minimum Gasteiger partial charge on any atom is -0.389 e. The first kappa shape index (κ1) is 25.2. The molecule has 3 fully saturated rings. The fraction of sp³-hybridized carbons (Fsp3) is 0.448. The molecule has 3 aromatic heterocycles. The van der Waals surface area contributed by atoms with E-state index in [1.165, 1.54) is 13.1 Å². The number of benzene rings is 1. The van der Waals surface area contributed by atoms with Gasteiger partial charge < -0.3 is 20.3 Å². The largest absolute Gasteiger partial charge is 0.389 e. The number of likely N-dealkylation sites (tertiary alicyclic amines) is 2. The van der Waals surface area contributed by atoms with Crippen LogP contribution in [-0.2, 0) is 18.0 Å². The maximum Gasteiger partial charge on any atom is 0.226 e. The molecule has 4 aromatic rings. The van der Waals surface area contributed by atoms with Crippen molar-refractivity contribution in [3.05, 3.63) is 40.7 Å². The third-order valence-electron chi connectivity index (χ3n) is 9.39. The van der Waals surface area contributed by atoms with Crippen molar-refractivity contribution < 1.29 is 13.5 Å². The second-order valence-electron chi connectivity index (χ2n) is 11.8. The van der Waals surface area contributed by atoms with E-state index in [1.807, 2.05) is 0 Å². The molecular weight excluding hydrogens is 546 g/mol. The molecule has 41 heavy (non-hydrogen) atoms. The number of hydrogen-bond acceptors (Lipinski definition) is 10. The second kappa shape index (κ2) is 9.25. The average Bonchev–Trinajstić information content (AvgIpc) is 3.77. The van der Waals surface area contributed by atoms with Gasteiger partial charge in [0.1, 0.15) is 16.6 Å². The number of nitrogen functional groups attached to an aromatic ring is 1. The van der Waals surface area contributed by atoms with E-state index in [0.717, 1.165) is 67.5 Å². The molecule has 0 bridgehead atoms. The van der Waals surface area contributed by atoms with Crippen LogP contribution in [0.4, 0.5) is 19.7 Å². The first-order valence-corrected chi connectivity index (χ1v) is 14.7. The number of nitrogens with two attached hydrogens (primary N) is 1. The lowest BCUT2D eigenvalue weighted by Gasteiger charge is -2.26. The van der Waals surface area contributed by atoms with Crippen LogP contribution in [0.3, 0.4) is 0 Å². The lowest BCUT2D eigenvalue weighted by atomic mass is 9.94. The van der Waals surface area contributed by atoms with E-state index < -0.39 is 11.6 Å². The van der Waals surface area contributed by atoms with Crippen molar-refractivity contribution in [3.63, 3.8) is 0 Å². The number of fused-ring (bicyclic) bond motifs is 5. The zero-order chi connectivity index (χ0) is 28.0. The molecule has 12 heteroatoms. The summed E-state index contributed by atoms with van der Waals surface area (Å²) in [5.74, 6) is 0.813. The number of nitriles is 1. The molecule has 0 unspecified atom stereocenters. The van der Waals surface area contributed by atoms with E-state index in [9.17, 15) is 9.65 Å². The highest BCUT2D eigenvalue weighted by Crippen LogP contribution is 2.45. The number of ether oxygens (including phenoxy) is 1. The normalized spacial score (nSPS) is 24.5. The number of pyridine rings is 1. The molecular formula is C29H28F2N8OS. The summed E-state index contributed by atoms with van der Waals surface area (Å²) >= 11 is 0.965. The monoisotopic (exact) mass is 574 g/mol. The van der Waals surface area contributed by atoms with Gasteiger partial charge in [-0.15, -0.1) is 11.3 Å². The molecule has 3 atom stereocenters.